The van der Waals surface area contributed by atoms with Gasteiger partial charge in [-0.25, -0.2) is 4.39 Å². The SMILES string of the molecule is O=C(Nc1ccccc1F)[C@H]1CN(C2CC2)CC[C@@H]1c1ccccc1. The third-order valence-electron chi connectivity index (χ3n) is 5.40. The summed E-state index contributed by atoms with van der Waals surface area (Å²) < 4.78 is 13.9. The van der Waals surface area contributed by atoms with Crippen molar-refractivity contribution in [3.8, 4) is 0 Å². The van der Waals surface area contributed by atoms with Crippen LogP contribution in [-0.4, -0.2) is 29.9 Å². The van der Waals surface area contributed by atoms with E-state index in [4.69, 9.17) is 0 Å². The van der Waals surface area contributed by atoms with Gasteiger partial charge in [0.25, 0.3) is 0 Å². The van der Waals surface area contributed by atoms with Crippen molar-refractivity contribution >= 4 is 11.6 Å². The van der Waals surface area contributed by atoms with Crippen LogP contribution >= 0.6 is 0 Å². The van der Waals surface area contributed by atoms with Gasteiger partial charge >= 0.3 is 0 Å². The summed E-state index contributed by atoms with van der Waals surface area (Å²) in [5, 5.41) is 2.82. The predicted molar refractivity (Wildman–Crippen MR) is 96.9 cm³/mol. The van der Waals surface area contributed by atoms with Gasteiger partial charge in [-0.2, -0.15) is 0 Å². The standard InChI is InChI=1S/C21H23FN2O/c22-19-8-4-5-9-20(19)23-21(25)18-14-24(16-10-11-16)13-12-17(18)15-6-2-1-3-7-15/h1-9,16-18H,10-14H2,(H,23,25)/t17-,18+/m1/s1. The number of benzene rings is 2. The van der Waals surface area contributed by atoms with E-state index in [0.29, 0.717) is 6.04 Å². The number of para-hydroxylation sites is 1. The molecular formula is C21H23FN2O. The Bertz CT molecular complexity index is 745. The van der Waals surface area contributed by atoms with Crippen LogP contribution in [0, 0.1) is 11.7 Å². The molecule has 25 heavy (non-hydrogen) atoms. The molecule has 2 fully saturated rings. The molecule has 1 aliphatic heterocycles. The molecule has 4 rings (SSSR count). The predicted octanol–water partition coefficient (Wildman–Crippen LogP) is 4.03. The van der Waals surface area contributed by atoms with Crippen LogP contribution in [0.3, 0.4) is 0 Å². The monoisotopic (exact) mass is 338 g/mol. The number of nitrogens with one attached hydrogen (secondary N) is 1. The summed E-state index contributed by atoms with van der Waals surface area (Å²) in [4.78, 5) is 15.4. The lowest BCUT2D eigenvalue weighted by atomic mass is 9.79. The maximum atomic E-state index is 13.9. The number of rotatable bonds is 4. The quantitative estimate of drug-likeness (QED) is 0.913. The molecule has 1 amide bonds. The zero-order valence-corrected chi connectivity index (χ0v) is 14.2. The minimum atomic E-state index is -0.387. The maximum Gasteiger partial charge on any atom is 0.229 e. The fourth-order valence-corrected chi connectivity index (χ4v) is 3.90. The number of anilines is 1. The second-order valence-corrected chi connectivity index (χ2v) is 7.11. The number of hydrogen-bond donors (Lipinski definition) is 1. The average molecular weight is 338 g/mol. The first-order chi connectivity index (χ1) is 12.2. The third-order valence-corrected chi connectivity index (χ3v) is 5.40. The average Bonchev–Trinajstić information content (AvgIpc) is 3.49. The van der Waals surface area contributed by atoms with Gasteiger partial charge in [0.2, 0.25) is 5.91 Å². The van der Waals surface area contributed by atoms with Crippen LogP contribution in [0.1, 0.15) is 30.7 Å². The molecule has 2 aliphatic rings. The van der Waals surface area contributed by atoms with Crippen molar-refractivity contribution in [3.05, 3.63) is 66.0 Å². The molecule has 1 saturated carbocycles. The fraction of sp³-hybridized carbons (Fsp3) is 0.381. The Balaban J connectivity index is 1.56. The summed E-state index contributed by atoms with van der Waals surface area (Å²) in [6.07, 6.45) is 3.44. The van der Waals surface area contributed by atoms with E-state index in [0.717, 1.165) is 19.5 Å². The van der Waals surface area contributed by atoms with Crippen molar-refractivity contribution in [2.24, 2.45) is 5.92 Å². The molecule has 130 valence electrons. The number of nitrogens with zero attached hydrogens (tertiary/aromatic N) is 1. The van der Waals surface area contributed by atoms with E-state index >= 15 is 0 Å². The van der Waals surface area contributed by atoms with Crippen LogP contribution in [-0.2, 0) is 4.79 Å². The lowest BCUT2D eigenvalue weighted by Gasteiger charge is -2.38. The Kier molecular flexibility index (Phi) is 4.53. The molecule has 0 bridgehead atoms. The van der Waals surface area contributed by atoms with Crippen molar-refractivity contribution < 1.29 is 9.18 Å². The minimum absolute atomic E-state index is 0.0793. The molecule has 0 spiro atoms. The first-order valence-corrected chi connectivity index (χ1v) is 9.07. The molecule has 1 aliphatic carbocycles. The van der Waals surface area contributed by atoms with E-state index in [1.54, 1.807) is 18.2 Å². The number of halogens is 1. The topological polar surface area (TPSA) is 32.3 Å². The number of piperidine rings is 1. The van der Waals surface area contributed by atoms with Crippen molar-refractivity contribution in [1.29, 1.82) is 0 Å². The van der Waals surface area contributed by atoms with E-state index in [-0.39, 0.29) is 29.2 Å². The Morgan fingerprint density at radius 1 is 1.00 bits per heavy atom. The van der Waals surface area contributed by atoms with Crippen LogP contribution < -0.4 is 5.32 Å². The summed E-state index contributed by atoms with van der Waals surface area (Å²) in [6, 6.07) is 17.2. The largest absolute Gasteiger partial charge is 0.323 e. The molecule has 1 saturated heterocycles. The van der Waals surface area contributed by atoms with Crippen LogP contribution in [0.2, 0.25) is 0 Å². The smallest absolute Gasteiger partial charge is 0.229 e. The molecular weight excluding hydrogens is 315 g/mol. The first kappa shape index (κ1) is 16.3. The Hall–Kier alpha value is -2.20. The van der Waals surface area contributed by atoms with Crippen LogP contribution in [0.4, 0.5) is 10.1 Å². The van der Waals surface area contributed by atoms with Crippen molar-refractivity contribution in [2.45, 2.75) is 31.2 Å². The lowest BCUT2D eigenvalue weighted by Crippen LogP contribution is -2.45. The summed E-state index contributed by atoms with van der Waals surface area (Å²) in [5.74, 6) is -0.439. The highest BCUT2D eigenvalue weighted by Crippen LogP contribution is 2.38. The van der Waals surface area contributed by atoms with Gasteiger partial charge in [0.05, 0.1) is 11.6 Å². The van der Waals surface area contributed by atoms with Crippen LogP contribution in [0.15, 0.2) is 54.6 Å². The minimum Gasteiger partial charge on any atom is -0.323 e. The van der Waals surface area contributed by atoms with Gasteiger partial charge in [-0.1, -0.05) is 42.5 Å². The maximum absolute atomic E-state index is 13.9. The van der Waals surface area contributed by atoms with Crippen LogP contribution in [0.5, 0.6) is 0 Å². The van der Waals surface area contributed by atoms with Gasteiger partial charge in [0.15, 0.2) is 0 Å². The molecule has 2 aromatic carbocycles. The normalized spacial score (nSPS) is 24.0. The van der Waals surface area contributed by atoms with E-state index in [9.17, 15) is 9.18 Å². The first-order valence-electron chi connectivity index (χ1n) is 9.07. The zero-order chi connectivity index (χ0) is 17.2. The van der Waals surface area contributed by atoms with E-state index in [1.165, 1.54) is 24.5 Å². The number of amides is 1. The van der Waals surface area contributed by atoms with Gasteiger partial charge < -0.3 is 5.32 Å². The molecule has 0 unspecified atom stereocenters. The van der Waals surface area contributed by atoms with Crippen molar-refractivity contribution in [1.82, 2.24) is 4.90 Å². The molecule has 1 heterocycles. The van der Waals surface area contributed by atoms with Crippen molar-refractivity contribution in [2.75, 3.05) is 18.4 Å². The van der Waals surface area contributed by atoms with Gasteiger partial charge in [-0.3, -0.25) is 9.69 Å². The summed E-state index contributed by atoms with van der Waals surface area (Å²) in [6.45, 7) is 1.79. The molecule has 1 N–H and O–H groups in total. The van der Waals surface area contributed by atoms with Crippen molar-refractivity contribution in [3.63, 3.8) is 0 Å². The third kappa shape index (κ3) is 3.59. The van der Waals surface area contributed by atoms with Gasteiger partial charge in [-0.15, -0.1) is 0 Å². The van der Waals surface area contributed by atoms with Gasteiger partial charge in [0, 0.05) is 12.6 Å². The lowest BCUT2D eigenvalue weighted by molar-refractivity contribution is -0.122. The second kappa shape index (κ2) is 6.96. The second-order valence-electron chi connectivity index (χ2n) is 7.11. The van der Waals surface area contributed by atoms with E-state index < -0.39 is 0 Å². The van der Waals surface area contributed by atoms with E-state index in [1.807, 2.05) is 18.2 Å². The number of carbonyl (C=O) groups excluding carboxylic acids is 1. The Labute approximate surface area is 147 Å². The Morgan fingerprint density at radius 3 is 2.44 bits per heavy atom. The number of likely N-dealkylation sites (tertiary alicyclic amines) is 1. The molecule has 0 aromatic heterocycles. The highest BCUT2D eigenvalue weighted by atomic mass is 19.1. The molecule has 3 nitrogen and oxygen atoms in total. The summed E-state index contributed by atoms with van der Waals surface area (Å²) >= 11 is 0. The molecule has 2 atom stereocenters. The molecule has 0 radical (unpaired) electrons. The molecule has 2 aromatic rings. The zero-order valence-electron chi connectivity index (χ0n) is 14.2. The van der Waals surface area contributed by atoms with Gasteiger partial charge in [0.1, 0.15) is 5.82 Å². The summed E-state index contributed by atoms with van der Waals surface area (Å²) in [5.41, 5.74) is 1.47. The van der Waals surface area contributed by atoms with Gasteiger partial charge in [-0.05, 0) is 49.4 Å². The number of carbonyl (C=O) groups is 1. The van der Waals surface area contributed by atoms with Crippen LogP contribution in [0.25, 0.3) is 0 Å². The highest BCUT2D eigenvalue weighted by Gasteiger charge is 2.40. The Morgan fingerprint density at radius 2 is 1.72 bits per heavy atom. The summed E-state index contributed by atoms with van der Waals surface area (Å²) in [7, 11) is 0. The molecule has 4 heteroatoms. The number of hydrogen-bond acceptors (Lipinski definition) is 2. The fourth-order valence-electron chi connectivity index (χ4n) is 3.90. The van der Waals surface area contributed by atoms with E-state index in [2.05, 4.69) is 22.3 Å². The highest BCUT2D eigenvalue weighted by molar-refractivity contribution is 5.93.